The van der Waals surface area contributed by atoms with E-state index >= 15 is 0 Å². The van der Waals surface area contributed by atoms with Crippen LogP contribution in [0.25, 0.3) is 0 Å². The number of carbonyl (C=O) groups is 3. The summed E-state index contributed by atoms with van der Waals surface area (Å²) in [6, 6.07) is 16.3. The quantitative estimate of drug-likeness (QED) is 0.764. The highest BCUT2D eigenvalue weighted by Gasteiger charge is 2.34. The first kappa shape index (κ1) is 20.7. The molecule has 0 saturated carbocycles. The van der Waals surface area contributed by atoms with Gasteiger partial charge in [-0.3, -0.25) is 9.69 Å². The molecule has 2 aliphatic rings. The van der Waals surface area contributed by atoms with Crippen LogP contribution >= 0.6 is 0 Å². The number of carboxylic acid groups (broad SMARTS) is 1. The highest BCUT2D eigenvalue weighted by atomic mass is 16.6. The second kappa shape index (κ2) is 9.05. The predicted octanol–water partition coefficient (Wildman–Crippen LogP) is 2.56. The van der Waals surface area contributed by atoms with Crippen LogP contribution < -0.4 is 9.80 Å². The molecule has 4 rings (SSSR count). The van der Waals surface area contributed by atoms with Crippen molar-refractivity contribution in [2.24, 2.45) is 0 Å². The number of carbonyl (C=O) groups excluding carboxylic acids is 2. The first-order valence-electron chi connectivity index (χ1n) is 9.99. The number of hydrogen-bond acceptors (Lipinski definition) is 5. The van der Waals surface area contributed by atoms with Gasteiger partial charge < -0.3 is 24.4 Å². The van der Waals surface area contributed by atoms with E-state index in [1.807, 2.05) is 30.3 Å². The molecule has 2 saturated heterocycles. The van der Waals surface area contributed by atoms with Crippen molar-refractivity contribution >= 4 is 29.5 Å². The van der Waals surface area contributed by atoms with Crippen LogP contribution in [0.5, 0.6) is 0 Å². The van der Waals surface area contributed by atoms with E-state index in [0.29, 0.717) is 18.8 Å². The fourth-order valence-electron chi connectivity index (χ4n) is 3.69. The van der Waals surface area contributed by atoms with Crippen LogP contribution in [-0.2, 0) is 20.8 Å². The van der Waals surface area contributed by atoms with Crippen molar-refractivity contribution in [3.63, 3.8) is 0 Å². The van der Waals surface area contributed by atoms with Gasteiger partial charge in [-0.25, -0.2) is 9.59 Å². The minimum atomic E-state index is -1.07. The molecule has 0 unspecified atom stereocenters. The molecular formula is C22H23N3O6. The Hall–Kier alpha value is -3.59. The highest BCUT2D eigenvalue weighted by Crippen LogP contribution is 2.26. The number of anilines is 2. The second-order valence-corrected chi connectivity index (χ2v) is 7.38. The second-order valence-electron chi connectivity index (χ2n) is 7.38. The molecule has 9 heteroatoms. The molecule has 2 aliphatic heterocycles. The minimum absolute atomic E-state index is 0.0605. The Bertz CT molecular complexity index is 949. The molecule has 0 bridgehead atoms. The molecule has 1 N–H and O–H groups in total. The summed E-state index contributed by atoms with van der Waals surface area (Å²) in [5.74, 6) is -0.105. The third kappa shape index (κ3) is 4.77. The Morgan fingerprint density at radius 1 is 1.03 bits per heavy atom. The molecule has 3 amide bonds. The van der Waals surface area contributed by atoms with Crippen molar-refractivity contribution in [2.45, 2.75) is 12.6 Å². The van der Waals surface area contributed by atoms with Gasteiger partial charge in [-0.2, -0.15) is 0 Å². The van der Waals surface area contributed by atoms with Gasteiger partial charge in [0.1, 0.15) is 12.7 Å². The zero-order valence-electron chi connectivity index (χ0n) is 16.8. The van der Waals surface area contributed by atoms with Crippen molar-refractivity contribution in [3.05, 3.63) is 60.2 Å². The molecular weight excluding hydrogens is 402 g/mol. The van der Waals surface area contributed by atoms with Gasteiger partial charge in [0.25, 0.3) is 5.91 Å². The number of cyclic esters (lactones) is 1. The van der Waals surface area contributed by atoms with E-state index in [-0.39, 0.29) is 32.1 Å². The van der Waals surface area contributed by atoms with E-state index in [2.05, 4.69) is 0 Å². The first-order chi connectivity index (χ1) is 15.0. The lowest BCUT2D eigenvalue weighted by molar-refractivity contribution is -0.125. The van der Waals surface area contributed by atoms with Gasteiger partial charge in [0.2, 0.25) is 0 Å². The summed E-state index contributed by atoms with van der Waals surface area (Å²) in [5.41, 5.74) is 2.22. The number of nitrogens with zero attached hydrogens (tertiary/aromatic N) is 3. The zero-order valence-corrected chi connectivity index (χ0v) is 16.8. The average molecular weight is 425 g/mol. The SMILES string of the molecule is O=C(O)N(Cc1ccccc1)C[C@H]1CN(c2ccc(N3CCOCC3=O)cc2)C(=O)O1. The molecule has 9 nitrogen and oxygen atoms in total. The summed E-state index contributed by atoms with van der Waals surface area (Å²) in [4.78, 5) is 40.4. The maximum absolute atomic E-state index is 12.4. The van der Waals surface area contributed by atoms with Crippen LogP contribution in [0.2, 0.25) is 0 Å². The summed E-state index contributed by atoms with van der Waals surface area (Å²) < 4.78 is 10.6. The van der Waals surface area contributed by atoms with Gasteiger partial charge in [0, 0.05) is 24.5 Å². The maximum atomic E-state index is 12.4. The van der Waals surface area contributed by atoms with E-state index < -0.39 is 18.3 Å². The predicted molar refractivity (Wildman–Crippen MR) is 112 cm³/mol. The van der Waals surface area contributed by atoms with E-state index in [4.69, 9.17) is 9.47 Å². The lowest BCUT2D eigenvalue weighted by atomic mass is 10.2. The van der Waals surface area contributed by atoms with Crippen molar-refractivity contribution in [3.8, 4) is 0 Å². The molecule has 0 spiro atoms. The van der Waals surface area contributed by atoms with Crippen LogP contribution in [0.15, 0.2) is 54.6 Å². The molecule has 162 valence electrons. The van der Waals surface area contributed by atoms with Crippen molar-refractivity contribution in [1.29, 1.82) is 0 Å². The van der Waals surface area contributed by atoms with Crippen LogP contribution in [0.3, 0.4) is 0 Å². The molecule has 2 heterocycles. The molecule has 0 aromatic heterocycles. The fourth-order valence-corrected chi connectivity index (χ4v) is 3.69. The van der Waals surface area contributed by atoms with Crippen LogP contribution in [-0.4, -0.2) is 67.1 Å². The monoisotopic (exact) mass is 425 g/mol. The van der Waals surface area contributed by atoms with Crippen LogP contribution in [0.4, 0.5) is 21.0 Å². The number of rotatable bonds is 6. The van der Waals surface area contributed by atoms with Gasteiger partial charge >= 0.3 is 12.2 Å². The summed E-state index contributed by atoms with van der Waals surface area (Å²) in [6.45, 7) is 1.56. The number of morpholine rings is 1. The van der Waals surface area contributed by atoms with E-state index in [1.165, 1.54) is 9.80 Å². The number of hydrogen-bond donors (Lipinski definition) is 1. The molecule has 2 fully saturated rings. The van der Waals surface area contributed by atoms with Gasteiger partial charge in [-0.1, -0.05) is 30.3 Å². The van der Waals surface area contributed by atoms with E-state index in [0.717, 1.165) is 11.3 Å². The Kier molecular flexibility index (Phi) is 6.03. The third-order valence-electron chi connectivity index (χ3n) is 5.24. The third-order valence-corrected chi connectivity index (χ3v) is 5.24. The minimum Gasteiger partial charge on any atom is -0.465 e. The lowest BCUT2D eigenvalue weighted by Crippen LogP contribution is -2.41. The Morgan fingerprint density at radius 2 is 1.71 bits per heavy atom. The van der Waals surface area contributed by atoms with Crippen molar-refractivity contribution in [2.75, 3.05) is 42.6 Å². The molecule has 2 aromatic carbocycles. The van der Waals surface area contributed by atoms with Crippen LogP contribution in [0.1, 0.15) is 5.56 Å². The Balaban J connectivity index is 1.40. The number of amides is 3. The number of benzene rings is 2. The molecule has 0 radical (unpaired) electrons. The molecule has 0 aliphatic carbocycles. The fraction of sp³-hybridized carbons (Fsp3) is 0.318. The summed E-state index contributed by atoms with van der Waals surface area (Å²) in [7, 11) is 0. The zero-order chi connectivity index (χ0) is 21.8. The summed E-state index contributed by atoms with van der Waals surface area (Å²) >= 11 is 0. The van der Waals surface area contributed by atoms with E-state index in [1.54, 1.807) is 29.2 Å². The van der Waals surface area contributed by atoms with Gasteiger partial charge in [0.05, 0.1) is 19.7 Å². The molecule has 1 atom stereocenters. The van der Waals surface area contributed by atoms with E-state index in [9.17, 15) is 19.5 Å². The largest absolute Gasteiger partial charge is 0.465 e. The smallest absolute Gasteiger partial charge is 0.414 e. The van der Waals surface area contributed by atoms with Crippen molar-refractivity contribution < 1.29 is 29.0 Å². The summed E-state index contributed by atoms with van der Waals surface area (Å²) in [6.07, 6.45) is -2.17. The molecule has 31 heavy (non-hydrogen) atoms. The normalized spacial score (nSPS) is 18.8. The maximum Gasteiger partial charge on any atom is 0.414 e. The lowest BCUT2D eigenvalue weighted by Gasteiger charge is -2.27. The van der Waals surface area contributed by atoms with Gasteiger partial charge in [0.15, 0.2) is 0 Å². The van der Waals surface area contributed by atoms with Gasteiger partial charge in [-0.05, 0) is 29.8 Å². The molecule has 2 aromatic rings. The highest BCUT2D eigenvalue weighted by molar-refractivity contribution is 5.95. The van der Waals surface area contributed by atoms with Gasteiger partial charge in [-0.15, -0.1) is 0 Å². The Morgan fingerprint density at radius 3 is 2.35 bits per heavy atom. The van der Waals surface area contributed by atoms with Crippen LogP contribution in [0, 0.1) is 0 Å². The first-order valence-corrected chi connectivity index (χ1v) is 9.99. The topological polar surface area (TPSA) is 99.6 Å². The summed E-state index contributed by atoms with van der Waals surface area (Å²) in [5, 5.41) is 9.55. The number of ether oxygens (including phenoxy) is 2. The Labute approximate surface area is 179 Å². The average Bonchev–Trinajstić information content (AvgIpc) is 3.14. The standard InChI is InChI=1S/C22H23N3O6/c26-20-15-30-11-10-24(20)17-6-8-18(9-7-17)25-14-19(31-22(25)29)13-23(21(27)28)12-16-4-2-1-3-5-16/h1-9,19H,10-15H2,(H,27,28)/t19-/m0/s1. The van der Waals surface area contributed by atoms with Crippen molar-refractivity contribution in [1.82, 2.24) is 4.90 Å².